The molecule has 0 spiro atoms. The van der Waals surface area contributed by atoms with Crippen LogP contribution >= 0.6 is 0 Å². The van der Waals surface area contributed by atoms with Crippen LogP contribution in [0, 0.1) is 0 Å². The molecule has 0 amide bonds. The Morgan fingerprint density at radius 3 is 2.70 bits per heavy atom. The van der Waals surface area contributed by atoms with Crippen molar-refractivity contribution >= 4 is 0 Å². The van der Waals surface area contributed by atoms with Crippen LogP contribution in [-0.2, 0) is 10.4 Å². The summed E-state index contributed by atoms with van der Waals surface area (Å²) in [7, 11) is 0. The first-order valence-corrected chi connectivity index (χ1v) is 7.78. The lowest BCUT2D eigenvalue weighted by Gasteiger charge is -2.39. The minimum atomic E-state index is 0.131. The Kier molecular flexibility index (Phi) is 4.68. The SMILES string of the molecule is c1ccc(C2(NCCN3CCCO3)CCNCC2)cc1. The van der Waals surface area contributed by atoms with Crippen molar-refractivity contribution in [2.75, 3.05) is 39.3 Å². The molecule has 1 aromatic rings. The highest BCUT2D eigenvalue weighted by Gasteiger charge is 2.33. The zero-order valence-corrected chi connectivity index (χ0v) is 12.1. The number of piperidine rings is 1. The highest BCUT2D eigenvalue weighted by Crippen LogP contribution is 2.30. The number of hydrogen-bond donors (Lipinski definition) is 2. The van der Waals surface area contributed by atoms with Gasteiger partial charge in [-0.25, -0.2) is 0 Å². The van der Waals surface area contributed by atoms with Gasteiger partial charge in [0, 0.05) is 25.2 Å². The van der Waals surface area contributed by atoms with E-state index in [9.17, 15) is 0 Å². The van der Waals surface area contributed by atoms with Gasteiger partial charge in [-0.15, -0.1) is 0 Å². The highest BCUT2D eigenvalue weighted by molar-refractivity contribution is 5.25. The molecule has 0 atom stereocenters. The lowest BCUT2D eigenvalue weighted by atomic mass is 9.81. The predicted octanol–water partition coefficient (Wildman–Crippen LogP) is 1.49. The van der Waals surface area contributed by atoms with E-state index in [1.165, 1.54) is 5.56 Å². The van der Waals surface area contributed by atoms with E-state index < -0.39 is 0 Å². The normalized spacial score (nSPS) is 23.0. The van der Waals surface area contributed by atoms with E-state index in [0.29, 0.717) is 0 Å². The van der Waals surface area contributed by atoms with Gasteiger partial charge < -0.3 is 10.6 Å². The maximum absolute atomic E-state index is 5.56. The van der Waals surface area contributed by atoms with Gasteiger partial charge in [0.25, 0.3) is 0 Å². The summed E-state index contributed by atoms with van der Waals surface area (Å²) in [6.07, 6.45) is 3.46. The largest absolute Gasteiger partial charge is 0.317 e. The average Bonchev–Trinajstić information content (AvgIpc) is 3.02. The smallest absolute Gasteiger partial charge is 0.0698 e. The minimum absolute atomic E-state index is 0.131. The molecule has 2 saturated heterocycles. The fourth-order valence-electron chi connectivity index (χ4n) is 3.27. The zero-order valence-electron chi connectivity index (χ0n) is 12.1. The third kappa shape index (κ3) is 3.20. The first-order valence-electron chi connectivity index (χ1n) is 7.78. The van der Waals surface area contributed by atoms with Crippen molar-refractivity contribution < 1.29 is 4.84 Å². The Balaban J connectivity index is 1.63. The molecule has 4 nitrogen and oxygen atoms in total. The van der Waals surface area contributed by atoms with E-state index >= 15 is 0 Å². The Morgan fingerprint density at radius 2 is 2.00 bits per heavy atom. The molecule has 0 bridgehead atoms. The van der Waals surface area contributed by atoms with Gasteiger partial charge in [0.2, 0.25) is 0 Å². The van der Waals surface area contributed by atoms with E-state index in [4.69, 9.17) is 4.84 Å². The van der Waals surface area contributed by atoms with Gasteiger partial charge in [-0.05, 0) is 37.9 Å². The fourth-order valence-corrected chi connectivity index (χ4v) is 3.27. The second kappa shape index (κ2) is 6.68. The zero-order chi connectivity index (χ0) is 13.7. The quantitative estimate of drug-likeness (QED) is 0.854. The number of benzene rings is 1. The molecule has 2 heterocycles. The second-order valence-corrected chi connectivity index (χ2v) is 5.74. The number of nitrogens with one attached hydrogen (secondary N) is 2. The van der Waals surface area contributed by atoms with Crippen LogP contribution in [-0.4, -0.2) is 44.4 Å². The van der Waals surface area contributed by atoms with Crippen molar-refractivity contribution in [3.05, 3.63) is 35.9 Å². The highest BCUT2D eigenvalue weighted by atomic mass is 16.7. The molecular formula is C16H25N3O. The van der Waals surface area contributed by atoms with Crippen LogP contribution in [0.3, 0.4) is 0 Å². The molecule has 2 aliphatic heterocycles. The molecule has 110 valence electrons. The molecule has 0 aromatic heterocycles. The van der Waals surface area contributed by atoms with E-state index in [-0.39, 0.29) is 5.54 Å². The summed E-state index contributed by atoms with van der Waals surface area (Å²) in [4.78, 5) is 5.56. The Morgan fingerprint density at radius 1 is 1.20 bits per heavy atom. The first-order chi connectivity index (χ1) is 9.89. The molecule has 2 fully saturated rings. The summed E-state index contributed by atoms with van der Waals surface area (Å²) < 4.78 is 0. The number of hydroxylamine groups is 2. The third-order valence-corrected chi connectivity index (χ3v) is 4.43. The van der Waals surface area contributed by atoms with Gasteiger partial charge in [-0.1, -0.05) is 30.3 Å². The summed E-state index contributed by atoms with van der Waals surface area (Å²) in [5.41, 5.74) is 1.55. The van der Waals surface area contributed by atoms with Crippen LogP contribution in [0.15, 0.2) is 30.3 Å². The molecule has 2 aliphatic rings. The van der Waals surface area contributed by atoms with Crippen molar-refractivity contribution in [1.29, 1.82) is 0 Å². The van der Waals surface area contributed by atoms with Gasteiger partial charge in [0.1, 0.15) is 0 Å². The van der Waals surface area contributed by atoms with Crippen LogP contribution < -0.4 is 10.6 Å². The maximum Gasteiger partial charge on any atom is 0.0698 e. The molecule has 1 aromatic carbocycles. The molecule has 0 aliphatic carbocycles. The topological polar surface area (TPSA) is 36.5 Å². The van der Waals surface area contributed by atoms with Crippen molar-refractivity contribution in [3.63, 3.8) is 0 Å². The van der Waals surface area contributed by atoms with E-state index in [1.54, 1.807) is 0 Å². The van der Waals surface area contributed by atoms with Crippen LogP contribution in [0.4, 0.5) is 0 Å². The lowest BCUT2D eigenvalue weighted by molar-refractivity contribution is -0.109. The van der Waals surface area contributed by atoms with Gasteiger partial charge in [0.15, 0.2) is 0 Å². The fraction of sp³-hybridized carbons (Fsp3) is 0.625. The van der Waals surface area contributed by atoms with Crippen LogP contribution in [0.5, 0.6) is 0 Å². The summed E-state index contributed by atoms with van der Waals surface area (Å²) in [6, 6.07) is 10.9. The molecule has 0 radical (unpaired) electrons. The molecule has 0 unspecified atom stereocenters. The van der Waals surface area contributed by atoms with Gasteiger partial charge in [-0.2, -0.15) is 5.06 Å². The van der Waals surface area contributed by atoms with Crippen molar-refractivity contribution in [2.45, 2.75) is 24.8 Å². The van der Waals surface area contributed by atoms with E-state index in [1.807, 2.05) is 0 Å². The Hall–Kier alpha value is -0.940. The molecule has 0 saturated carbocycles. The molecular weight excluding hydrogens is 250 g/mol. The molecule has 2 N–H and O–H groups in total. The molecule has 3 rings (SSSR count). The van der Waals surface area contributed by atoms with E-state index in [2.05, 4.69) is 46.0 Å². The summed E-state index contributed by atoms with van der Waals surface area (Å²) in [5, 5.41) is 9.37. The first kappa shape index (κ1) is 14.0. The summed E-state index contributed by atoms with van der Waals surface area (Å²) in [5.74, 6) is 0. The number of nitrogens with zero attached hydrogens (tertiary/aromatic N) is 1. The van der Waals surface area contributed by atoms with E-state index in [0.717, 1.165) is 58.6 Å². The molecule has 20 heavy (non-hydrogen) atoms. The standard InChI is InChI=1S/C16H25N3O/c1-2-5-15(6-3-1)16(7-9-17-10-8-16)18-11-13-19-12-4-14-20-19/h1-3,5-6,17-18H,4,7-14H2. The number of hydrogen-bond acceptors (Lipinski definition) is 4. The van der Waals surface area contributed by atoms with Crippen LogP contribution in [0.25, 0.3) is 0 Å². The summed E-state index contributed by atoms with van der Waals surface area (Å²) in [6.45, 7) is 6.08. The minimum Gasteiger partial charge on any atom is -0.317 e. The Labute approximate surface area is 121 Å². The number of rotatable bonds is 5. The summed E-state index contributed by atoms with van der Waals surface area (Å²) >= 11 is 0. The maximum atomic E-state index is 5.56. The third-order valence-electron chi connectivity index (χ3n) is 4.43. The monoisotopic (exact) mass is 275 g/mol. The van der Waals surface area contributed by atoms with Gasteiger partial charge >= 0.3 is 0 Å². The van der Waals surface area contributed by atoms with Crippen LogP contribution in [0.1, 0.15) is 24.8 Å². The second-order valence-electron chi connectivity index (χ2n) is 5.74. The van der Waals surface area contributed by atoms with Crippen LogP contribution in [0.2, 0.25) is 0 Å². The molecule has 4 heteroatoms. The van der Waals surface area contributed by atoms with Crippen molar-refractivity contribution in [3.8, 4) is 0 Å². The predicted molar refractivity (Wildman–Crippen MR) is 80.4 cm³/mol. The van der Waals surface area contributed by atoms with Crippen molar-refractivity contribution in [2.24, 2.45) is 0 Å². The van der Waals surface area contributed by atoms with Crippen molar-refractivity contribution in [1.82, 2.24) is 15.7 Å². The average molecular weight is 275 g/mol. The Bertz CT molecular complexity index is 397. The lowest BCUT2D eigenvalue weighted by Crippen LogP contribution is -2.51. The van der Waals surface area contributed by atoms with Gasteiger partial charge in [-0.3, -0.25) is 4.84 Å². The van der Waals surface area contributed by atoms with Gasteiger partial charge in [0.05, 0.1) is 6.61 Å².